The van der Waals surface area contributed by atoms with Gasteiger partial charge in [-0.2, -0.15) is 0 Å². The number of benzene rings is 3. The number of hydrogen-bond donors (Lipinski definition) is 1. The minimum atomic E-state index is -4.08. The maximum Gasteiger partial charge on any atom is 0.271 e. The molecule has 0 aliphatic heterocycles. The normalized spacial score (nSPS) is 12.2. The number of sulfonamides is 1. The topological polar surface area (TPSA) is 80.3 Å². The third-order valence-corrected chi connectivity index (χ3v) is 10.2. The number of fused-ring (bicyclic) bond motifs is 1. The van der Waals surface area contributed by atoms with Crippen molar-refractivity contribution in [2.75, 3.05) is 4.72 Å². The fourth-order valence-electron chi connectivity index (χ4n) is 3.15. The lowest BCUT2D eigenvalue weighted by Crippen LogP contribution is -2.15. The molecule has 5 nitrogen and oxygen atoms in total. The first-order valence-corrected chi connectivity index (χ1v) is 13.4. The van der Waals surface area contributed by atoms with Gasteiger partial charge in [-0.05, 0) is 66.4 Å². The van der Waals surface area contributed by atoms with Crippen LogP contribution in [0.5, 0.6) is 0 Å². The van der Waals surface area contributed by atoms with Gasteiger partial charge in [0, 0.05) is 14.7 Å². The van der Waals surface area contributed by atoms with Crippen LogP contribution in [-0.4, -0.2) is 16.8 Å². The second-order valence-electron chi connectivity index (χ2n) is 6.72. The first-order chi connectivity index (χ1) is 14.6. The van der Waals surface area contributed by atoms with E-state index in [0.29, 0.717) is 10.6 Å². The molecule has 0 atom stereocenters. The van der Waals surface area contributed by atoms with Crippen molar-refractivity contribution < 1.29 is 16.8 Å². The number of aryl methyl sites for hydroxylation is 1. The maximum atomic E-state index is 13.2. The van der Waals surface area contributed by atoms with Crippen LogP contribution in [-0.2, 0) is 19.9 Å². The van der Waals surface area contributed by atoms with Crippen LogP contribution in [0.3, 0.4) is 0 Å². The molecule has 0 radical (unpaired) electrons. The van der Waals surface area contributed by atoms with E-state index in [0.717, 1.165) is 21.4 Å². The summed E-state index contributed by atoms with van der Waals surface area (Å²) in [5.74, 6) is 0. The Kier molecular flexibility index (Phi) is 5.78. The SMILES string of the molecule is Cc1c(S(=O)(=O)Nc2ccc(Cl)cc2S(=O)(=O)c2ccccc2)sc2ccc(Cl)cc12. The highest BCUT2D eigenvalue weighted by Gasteiger charge is 2.27. The third kappa shape index (κ3) is 4.18. The molecule has 1 N–H and O–H groups in total. The van der Waals surface area contributed by atoms with Crippen molar-refractivity contribution in [1.82, 2.24) is 0 Å². The lowest BCUT2D eigenvalue weighted by Gasteiger charge is -2.13. The average molecular weight is 512 g/mol. The third-order valence-electron chi connectivity index (χ3n) is 4.63. The molecule has 0 unspecified atom stereocenters. The van der Waals surface area contributed by atoms with E-state index in [1.807, 2.05) is 0 Å². The number of nitrogens with one attached hydrogen (secondary N) is 1. The van der Waals surface area contributed by atoms with Crippen molar-refractivity contribution in [3.63, 3.8) is 0 Å². The number of thiophene rings is 1. The van der Waals surface area contributed by atoms with Gasteiger partial charge in [-0.1, -0.05) is 41.4 Å². The summed E-state index contributed by atoms with van der Waals surface area (Å²) >= 11 is 13.2. The van der Waals surface area contributed by atoms with Gasteiger partial charge >= 0.3 is 0 Å². The molecular formula is C21H15Cl2NO4S3. The molecule has 0 saturated heterocycles. The van der Waals surface area contributed by atoms with Crippen molar-refractivity contribution in [3.8, 4) is 0 Å². The summed E-state index contributed by atoms with van der Waals surface area (Å²) in [5.41, 5.74) is 0.458. The summed E-state index contributed by atoms with van der Waals surface area (Å²) in [5, 5.41) is 1.40. The van der Waals surface area contributed by atoms with E-state index in [9.17, 15) is 16.8 Å². The van der Waals surface area contributed by atoms with Crippen molar-refractivity contribution in [1.29, 1.82) is 0 Å². The van der Waals surface area contributed by atoms with Crippen LogP contribution in [0.25, 0.3) is 10.1 Å². The molecule has 1 heterocycles. The molecule has 4 rings (SSSR count). The molecule has 0 saturated carbocycles. The van der Waals surface area contributed by atoms with E-state index in [1.165, 1.54) is 30.3 Å². The van der Waals surface area contributed by atoms with Gasteiger partial charge in [0.2, 0.25) is 9.84 Å². The Hall–Kier alpha value is -2.10. The summed E-state index contributed by atoms with van der Waals surface area (Å²) in [7, 11) is -8.09. The van der Waals surface area contributed by atoms with Crippen LogP contribution in [0.4, 0.5) is 5.69 Å². The van der Waals surface area contributed by atoms with Gasteiger partial charge in [-0.25, -0.2) is 16.8 Å². The molecular weight excluding hydrogens is 497 g/mol. The number of sulfone groups is 1. The van der Waals surface area contributed by atoms with Gasteiger partial charge in [0.25, 0.3) is 10.0 Å². The van der Waals surface area contributed by atoms with Crippen molar-refractivity contribution in [3.05, 3.63) is 82.3 Å². The van der Waals surface area contributed by atoms with Crippen molar-refractivity contribution in [2.24, 2.45) is 0 Å². The van der Waals surface area contributed by atoms with Crippen LogP contribution in [0.2, 0.25) is 10.0 Å². The molecule has 160 valence electrons. The van der Waals surface area contributed by atoms with Gasteiger partial charge in [0.15, 0.2) is 0 Å². The molecule has 0 amide bonds. The van der Waals surface area contributed by atoms with Crippen molar-refractivity contribution >= 4 is 70.2 Å². The summed E-state index contributed by atoms with van der Waals surface area (Å²) in [6, 6.07) is 16.9. The van der Waals surface area contributed by atoms with Crippen molar-refractivity contribution in [2.45, 2.75) is 20.9 Å². The van der Waals surface area contributed by atoms with E-state index >= 15 is 0 Å². The summed E-state index contributed by atoms with van der Waals surface area (Å²) < 4.78 is 56.1. The molecule has 0 aliphatic carbocycles. The fraction of sp³-hybridized carbons (Fsp3) is 0.0476. The predicted molar refractivity (Wildman–Crippen MR) is 126 cm³/mol. The zero-order chi connectivity index (χ0) is 22.4. The first-order valence-electron chi connectivity index (χ1n) is 8.91. The zero-order valence-electron chi connectivity index (χ0n) is 16.0. The Bertz CT molecular complexity index is 1510. The second-order valence-corrected chi connectivity index (χ2v) is 12.4. The summed E-state index contributed by atoms with van der Waals surface area (Å²) in [6.07, 6.45) is 0. The number of hydrogen-bond acceptors (Lipinski definition) is 5. The van der Waals surface area contributed by atoms with Gasteiger partial charge in [-0.3, -0.25) is 4.72 Å². The van der Waals surface area contributed by atoms with Crippen LogP contribution in [0, 0.1) is 6.92 Å². The Labute approximate surface area is 194 Å². The highest BCUT2D eigenvalue weighted by atomic mass is 35.5. The summed E-state index contributed by atoms with van der Waals surface area (Å²) in [4.78, 5) is -0.193. The molecule has 1 aromatic heterocycles. The van der Waals surface area contributed by atoms with Gasteiger partial charge in [0.1, 0.15) is 4.21 Å². The minimum Gasteiger partial charge on any atom is -0.278 e. The predicted octanol–water partition coefficient (Wildman–Crippen LogP) is 6.15. The monoisotopic (exact) mass is 511 g/mol. The smallest absolute Gasteiger partial charge is 0.271 e. The van der Waals surface area contributed by atoms with Gasteiger partial charge < -0.3 is 0 Å². The fourth-order valence-corrected chi connectivity index (χ4v) is 7.91. The Balaban J connectivity index is 1.83. The lowest BCUT2D eigenvalue weighted by atomic mass is 10.2. The molecule has 4 aromatic rings. The van der Waals surface area contributed by atoms with E-state index < -0.39 is 19.9 Å². The second kappa shape index (κ2) is 8.11. The van der Waals surface area contributed by atoms with E-state index in [2.05, 4.69) is 4.72 Å². The highest BCUT2D eigenvalue weighted by molar-refractivity contribution is 7.95. The number of rotatable bonds is 5. The molecule has 0 aliphatic rings. The van der Waals surface area contributed by atoms with Crippen LogP contribution in [0.1, 0.15) is 5.56 Å². The summed E-state index contributed by atoms with van der Waals surface area (Å²) in [6.45, 7) is 1.69. The lowest BCUT2D eigenvalue weighted by molar-refractivity contribution is 0.596. The Morgan fingerprint density at radius 3 is 2.19 bits per heavy atom. The number of anilines is 1. The molecule has 10 heteroatoms. The largest absolute Gasteiger partial charge is 0.278 e. The van der Waals surface area contributed by atoms with Gasteiger partial charge in [0.05, 0.1) is 15.5 Å². The highest BCUT2D eigenvalue weighted by Crippen LogP contribution is 2.38. The zero-order valence-corrected chi connectivity index (χ0v) is 19.9. The quantitative estimate of drug-likeness (QED) is 0.348. The Morgan fingerprint density at radius 2 is 1.48 bits per heavy atom. The van der Waals surface area contributed by atoms with E-state index in [-0.39, 0.29) is 24.7 Å². The van der Waals surface area contributed by atoms with Gasteiger partial charge in [-0.15, -0.1) is 11.3 Å². The molecule has 0 fully saturated rings. The molecule has 3 aromatic carbocycles. The molecule has 0 spiro atoms. The standard InChI is InChI=1S/C21H15Cl2NO4S3/c1-13-17-11-14(22)8-10-19(17)29-21(13)31(27,28)24-18-9-7-15(23)12-20(18)30(25,26)16-5-3-2-4-6-16/h2-12,24H,1H3. The molecule has 31 heavy (non-hydrogen) atoms. The minimum absolute atomic E-state index is 0.0328. The van der Waals surface area contributed by atoms with Crippen LogP contribution >= 0.6 is 34.5 Å². The first kappa shape index (κ1) is 22.1. The molecule has 0 bridgehead atoms. The van der Waals surface area contributed by atoms with Crippen LogP contribution in [0.15, 0.2) is 80.7 Å². The van der Waals surface area contributed by atoms with Crippen LogP contribution < -0.4 is 4.72 Å². The Morgan fingerprint density at radius 1 is 0.839 bits per heavy atom. The van der Waals surface area contributed by atoms with E-state index in [4.69, 9.17) is 23.2 Å². The van der Waals surface area contributed by atoms with E-state index in [1.54, 1.807) is 43.3 Å². The average Bonchev–Trinajstić information content (AvgIpc) is 3.06. The maximum absolute atomic E-state index is 13.2. The number of halogens is 2.